The number of carbonyl (C=O) groups excluding carboxylic acids is 2. The number of fused-ring (bicyclic) bond motifs is 2. The van der Waals surface area contributed by atoms with Gasteiger partial charge < -0.3 is 15.3 Å². The van der Waals surface area contributed by atoms with E-state index in [0.29, 0.717) is 39.1 Å². The van der Waals surface area contributed by atoms with Crippen LogP contribution in [-0.4, -0.2) is 42.2 Å². The van der Waals surface area contributed by atoms with Crippen LogP contribution in [0, 0.1) is 27.7 Å². The maximum atomic E-state index is 12.6. The number of aromatic nitrogens is 6. The topological polar surface area (TPSA) is 175 Å². The summed E-state index contributed by atoms with van der Waals surface area (Å²) in [5, 5.41) is 24.1. The Hall–Kier alpha value is -5.16. The summed E-state index contributed by atoms with van der Waals surface area (Å²) in [6.45, 7) is 9.85. The van der Waals surface area contributed by atoms with Gasteiger partial charge in [-0.25, -0.2) is 0 Å². The van der Waals surface area contributed by atoms with Gasteiger partial charge in [-0.1, -0.05) is 89.0 Å². The Balaban J connectivity index is 0.000000248. The monoisotopic (exact) mass is 814 g/mol. The lowest BCUT2D eigenvalue weighted by molar-refractivity contribution is -0.116. The predicted molar refractivity (Wildman–Crippen MR) is 229 cm³/mol. The van der Waals surface area contributed by atoms with Crippen LogP contribution in [-0.2, 0) is 16.3 Å². The van der Waals surface area contributed by atoms with Crippen molar-refractivity contribution in [3.05, 3.63) is 126 Å². The van der Waals surface area contributed by atoms with E-state index in [1.54, 1.807) is 24.3 Å². The second-order valence-electron chi connectivity index (χ2n) is 12.8. The van der Waals surface area contributed by atoms with Crippen LogP contribution in [0.25, 0.3) is 21.8 Å². The molecule has 7 aromatic rings. The number of thioether (sulfide) groups is 2. The fraction of sp³-hybridized carbons (Fsp3) is 0.231. The van der Waals surface area contributed by atoms with Crippen molar-refractivity contribution in [1.82, 2.24) is 30.4 Å². The number of hydrogen-bond acceptors (Lipinski definition) is 12. The summed E-state index contributed by atoms with van der Waals surface area (Å²) in [6, 6.07) is 20.3. The highest BCUT2D eigenvalue weighted by atomic mass is 32.2. The van der Waals surface area contributed by atoms with Crippen molar-refractivity contribution >= 4 is 90.1 Å². The average molecular weight is 815 g/mol. The van der Waals surface area contributed by atoms with E-state index in [9.17, 15) is 19.2 Å². The van der Waals surface area contributed by atoms with Crippen molar-refractivity contribution in [1.29, 1.82) is 0 Å². The summed E-state index contributed by atoms with van der Waals surface area (Å²) < 4.78 is 1.47. The Morgan fingerprint density at radius 1 is 0.709 bits per heavy atom. The summed E-state index contributed by atoms with van der Waals surface area (Å²) in [5.74, 6) is 0.868. The first kappa shape index (κ1) is 39.5. The molecule has 0 aliphatic rings. The number of H-pyrrole nitrogens is 2. The van der Waals surface area contributed by atoms with Gasteiger partial charge in [0.25, 0.3) is 5.91 Å². The Labute approximate surface area is 336 Å². The third kappa shape index (κ3) is 10.3. The fourth-order valence-corrected chi connectivity index (χ4v) is 8.82. The zero-order valence-corrected chi connectivity index (χ0v) is 34.0. The molecule has 0 spiro atoms. The minimum atomic E-state index is -0.215. The largest absolute Gasteiger partial charge is 0.357 e. The van der Waals surface area contributed by atoms with Gasteiger partial charge in [-0.3, -0.25) is 24.5 Å². The summed E-state index contributed by atoms with van der Waals surface area (Å²) in [7, 11) is 0. The van der Waals surface area contributed by atoms with E-state index in [-0.39, 0.29) is 25.5 Å². The molecule has 286 valence electrons. The molecule has 55 heavy (non-hydrogen) atoms. The van der Waals surface area contributed by atoms with Crippen LogP contribution in [0.3, 0.4) is 0 Å². The van der Waals surface area contributed by atoms with Gasteiger partial charge in [0.05, 0.1) is 5.52 Å². The van der Waals surface area contributed by atoms with Crippen LogP contribution in [0.2, 0.25) is 0 Å². The van der Waals surface area contributed by atoms with Crippen molar-refractivity contribution in [2.75, 3.05) is 10.6 Å². The molecule has 7 rings (SSSR count). The minimum absolute atomic E-state index is 0. The zero-order valence-electron chi connectivity index (χ0n) is 30.7. The highest BCUT2D eigenvalue weighted by Gasteiger charge is 2.13. The van der Waals surface area contributed by atoms with Gasteiger partial charge in [-0.15, -0.1) is 20.4 Å². The molecule has 3 aromatic carbocycles. The molecule has 0 aliphatic carbocycles. The molecule has 0 atom stereocenters. The van der Waals surface area contributed by atoms with Gasteiger partial charge in [0.2, 0.25) is 16.2 Å². The quantitative estimate of drug-likeness (QED) is 0.0728. The van der Waals surface area contributed by atoms with E-state index in [1.807, 2.05) is 77.1 Å². The number of benzene rings is 3. The van der Waals surface area contributed by atoms with Crippen molar-refractivity contribution in [2.24, 2.45) is 0 Å². The van der Waals surface area contributed by atoms with Crippen LogP contribution in [0.4, 0.5) is 10.3 Å². The molecule has 16 heteroatoms. The summed E-state index contributed by atoms with van der Waals surface area (Å²) >= 11 is 5.59. The number of amides is 2. The van der Waals surface area contributed by atoms with E-state index < -0.39 is 0 Å². The number of pyridine rings is 2. The summed E-state index contributed by atoms with van der Waals surface area (Å²) in [5.41, 5.74) is 8.18. The molecular formula is C39H42N8O4S4. The SMILES string of the molecule is CCCC(=O)Nc1nnc(SCc2cc(=O)c3ccc(C)cc3[nH]2)s1.Cc1ccc(C(=O)Nc2nnc(SCc3cc(=O)c4c(C)ccc(C)c4[nH]3)s2)cc1.[HH].[HH]. The molecule has 4 heterocycles. The Bertz CT molecular complexity index is 2630. The van der Waals surface area contributed by atoms with Crippen LogP contribution >= 0.6 is 46.2 Å². The lowest BCUT2D eigenvalue weighted by atomic mass is 10.0. The highest BCUT2D eigenvalue weighted by molar-refractivity contribution is 8.00. The van der Waals surface area contributed by atoms with Crippen molar-refractivity contribution < 1.29 is 12.4 Å². The average Bonchev–Trinajstić information content (AvgIpc) is 3.80. The first-order valence-electron chi connectivity index (χ1n) is 17.3. The van der Waals surface area contributed by atoms with Crippen LogP contribution < -0.4 is 21.5 Å². The molecule has 0 aliphatic heterocycles. The molecule has 0 saturated carbocycles. The maximum absolute atomic E-state index is 12.6. The van der Waals surface area contributed by atoms with Gasteiger partial charge in [-0.2, -0.15) is 0 Å². The van der Waals surface area contributed by atoms with E-state index in [2.05, 4.69) is 41.0 Å². The van der Waals surface area contributed by atoms with Crippen LogP contribution in [0.5, 0.6) is 0 Å². The molecular weight excluding hydrogens is 773 g/mol. The van der Waals surface area contributed by atoms with Gasteiger partial charge in [0, 0.05) is 66.2 Å². The van der Waals surface area contributed by atoms with Gasteiger partial charge >= 0.3 is 0 Å². The minimum Gasteiger partial charge on any atom is -0.357 e. The van der Waals surface area contributed by atoms with E-state index in [4.69, 9.17) is 0 Å². The molecule has 0 fully saturated rings. The highest BCUT2D eigenvalue weighted by Crippen LogP contribution is 2.30. The standard InChI is InChI=1S/C22H20N4O2S2.C17H18N4O2S2.2H2/c1-12-4-8-15(9-5-12)20(28)24-21-25-26-22(30-21)29-11-16-10-17(27)18-13(2)6-7-14(3)19(18)23-16;1-3-4-15(23)19-16-20-21-17(25-16)24-9-11-8-14(22)12-6-5-10(2)7-13(12)18-11;;/h4-10H,11H2,1-3H3,(H,23,27)(H,24,25,28);5-8H,3-4,9H2,1-2H3,(H,18,22)(H,19,20,23);2*1H. The molecule has 0 saturated heterocycles. The number of carbonyl (C=O) groups is 2. The molecule has 2 amide bonds. The Morgan fingerprint density at radius 3 is 1.98 bits per heavy atom. The number of anilines is 2. The number of rotatable bonds is 11. The normalized spacial score (nSPS) is 11.0. The third-order valence-corrected chi connectivity index (χ3v) is 12.3. The number of aromatic amines is 2. The second-order valence-corrected chi connectivity index (χ2v) is 17.2. The van der Waals surface area contributed by atoms with E-state index in [1.165, 1.54) is 46.2 Å². The number of nitrogens with zero attached hydrogens (tertiary/aromatic N) is 4. The lowest BCUT2D eigenvalue weighted by Crippen LogP contribution is -2.11. The van der Waals surface area contributed by atoms with Gasteiger partial charge in [0.1, 0.15) is 0 Å². The molecule has 0 bridgehead atoms. The first-order valence-corrected chi connectivity index (χ1v) is 20.9. The fourth-order valence-electron chi connectivity index (χ4n) is 5.49. The van der Waals surface area contributed by atoms with Crippen LogP contribution in [0.15, 0.2) is 85.0 Å². The van der Waals surface area contributed by atoms with Crippen molar-refractivity contribution in [2.45, 2.75) is 67.6 Å². The third-order valence-electron chi connectivity index (χ3n) is 8.27. The Kier molecular flexibility index (Phi) is 12.9. The molecule has 4 aromatic heterocycles. The van der Waals surface area contributed by atoms with Gasteiger partial charge in [-0.05, 0) is 75.1 Å². The van der Waals surface area contributed by atoms with Crippen molar-refractivity contribution in [3.8, 4) is 0 Å². The molecule has 0 radical (unpaired) electrons. The first-order chi connectivity index (χ1) is 26.4. The Morgan fingerprint density at radius 2 is 1.31 bits per heavy atom. The smallest absolute Gasteiger partial charge is 0.257 e. The van der Waals surface area contributed by atoms with Crippen LogP contribution in [0.1, 0.15) is 66.6 Å². The number of hydrogen-bond donors (Lipinski definition) is 4. The molecule has 12 nitrogen and oxygen atoms in total. The number of nitrogens with one attached hydrogen (secondary N) is 4. The zero-order chi connectivity index (χ0) is 39.1. The number of aryl methyl sites for hydroxylation is 4. The predicted octanol–water partition coefficient (Wildman–Crippen LogP) is 9.06. The molecule has 0 unspecified atom stereocenters. The maximum Gasteiger partial charge on any atom is 0.257 e. The van der Waals surface area contributed by atoms with E-state index in [0.717, 1.165) is 65.2 Å². The summed E-state index contributed by atoms with van der Waals surface area (Å²) in [6.07, 6.45) is 1.26. The van der Waals surface area contributed by atoms with Gasteiger partial charge in [0.15, 0.2) is 19.5 Å². The molecule has 4 N–H and O–H groups in total. The summed E-state index contributed by atoms with van der Waals surface area (Å²) in [4.78, 5) is 55.3. The lowest BCUT2D eigenvalue weighted by Gasteiger charge is -2.08. The van der Waals surface area contributed by atoms with Crippen molar-refractivity contribution in [3.63, 3.8) is 0 Å². The second kappa shape index (κ2) is 18.0. The van der Waals surface area contributed by atoms with E-state index >= 15 is 0 Å².